The summed E-state index contributed by atoms with van der Waals surface area (Å²) in [7, 11) is -3.54. The van der Waals surface area contributed by atoms with Crippen molar-refractivity contribution in [1.29, 1.82) is 0 Å². The molecule has 0 aromatic heterocycles. The first-order chi connectivity index (χ1) is 15.8. The quantitative estimate of drug-likeness (QED) is 0.603. The van der Waals surface area contributed by atoms with E-state index in [-0.39, 0.29) is 4.90 Å². The van der Waals surface area contributed by atoms with Gasteiger partial charge in [0.05, 0.1) is 4.90 Å². The molecule has 0 saturated carbocycles. The highest BCUT2D eigenvalue weighted by atomic mass is 32.2. The van der Waals surface area contributed by atoms with Crippen LogP contribution >= 0.6 is 0 Å². The van der Waals surface area contributed by atoms with Crippen LogP contribution in [0.4, 0.5) is 10.5 Å². The van der Waals surface area contributed by atoms with Crippen LogP contribution in [0.2, 0.25) is 0 Å². The Kier molecular flexibility index (Phi) is 6.22. The van der Waals surface area contributed by atoms with Gasteiger partial charge in [-0.25, -0.2) is 13.2 Å². The lowest BCUT2D eigenvalue weighted by Crippen LogP contribution is -2.44. The molecule has 2 N–H and O–H groups in total. The molecular weight excluding hydrogens is 444 g/mol. The summed E-state index contributed by atoms with van der Waals surface area (Å²) < 4.78 is 26.7. The number of carbonyl (C=O) groups is 3. The summed E-state index contributed by atoms with van der Waals surface area (Å²) in [5.41, 5.74) is -0.176. The van der Waals surface area contributed by atoms with Crippen molar-refractivity contribution < 1.29 is 22.8 Å². The van der Waals surface area contributed by atoms with E-state index >= 15 is 0 Å². The molecule has 2 aromatic rings. The number of imide groups is 1. The van der Waals surface area contributed by atoms with Gasteiger partial charge >= 0.3 is 6.03 Å². The van der Waals surface area contributed by atoms with Crippen LogP contribution in [0.5, 0.6) is 0 Å². The van der Waals surface area contributed by atoms with E-state index in [9.17, 15) is 22.8 Å². The second kappa shape index (κ2) is 8.95. The summed E-state index contributed by atoms with van der Waals surface area (Å²) in [4.78, 5) is 39.3. The summed E-state index contributed by atoms with van der Waals surface area (Å²) in [6, 6.07) is 14.2. The Morgan fingerprint density at radius 2 is 1.67 bits per heavy atom. The van der Waals surface area contributed by atoms with Gasteiger partial charge in [-0.2, -0.15) is 4.31 Å². The molecule has 0 spiro atoms. The second-order valence-electron chi connectivity index (χ2n) is 8.13. The molecule has 0 bridgehead atoms. The first-order valence-corrected chi connectivity index (χ1v) is 12.3. The predicted molar refractivity (Wildman–Crippen MR) is 122 cm³/mol. The van der Waals surface area contributed by atoms with E-state index in [1.54, 1.807) is 31.2 Å². The number of rotatable bonds is 7. The van der Waals surface area contributed by atoms with E-state index in [0.29, 0.717) is 30.8 Å². The van der Waals surface area contributed by atoms with Gasteiger partial charge in [-0.1, -0.05) is 37.3 Å². The molecule has 33 heavy (non-hydrogen) atoms. The highest BCUT2D eigenvalue weighted by Crippen LogP contribution is 2.32. The SMILES string of the molecule is CC[C@@]1(c2ccccc2)NC(=O)N(CC(=O)Nc2ccc(S(=O)(=O)N3CCCC3)cc2)C1=O. The summed E-state index contributed by atoms with van der Waals surface area (Å²) in [6.07, 6.45) is 2.03. The minimum absolute atomic E-state index is 0.159. The third-order valence-electron chi connectivity index (χ3n) is 6.12. The fourth-order valence-corrected chi connectivity index (χ4v) is 5.78. The minimum atomic E-state index is -3.54. The first kappa shape index (κ1) is 22.9. The largest absolute Gasteiger partial charge is 0.325 e. The Morgan fingerprint density at radius 1 is 1.03 bits per heavy atom. The fraction of sp³-hybridized carbons (Fsp3) is 0.348. The average molecular weight is 471 g/mol. The van der Waals surface area contributed by atoms with Gasteiger partial charge in [0.25, 0.3) is 5.91 Å². The highest BCUT2D eigenvalue weighted by molar-refractivity contribution is 7.89. The number of hydrogen-bond acceptors (Lipinski definition) is 5. The van der Waals surface area contributed by atoms with Crippen molar-refractivity contribution in [3.8, 4) is 0 Å². The number of benzene rings is 2. The monoisotopic (exact) mass is 470 g/mol. The minimum Gasteiger partial charge on any atom is -0.325 e. The Balaban J connectivity index is 1.43. The maximum Gasteiger partial charge on any atom is 0.325 e. The molecule has 2 aliphatic heterocycles. The zero-order chi connectivity index (χ0) is 23.6. The molecule has 2 aromatic carbocycles. The number of urea groups is 1. The van der Waals surface area contributed by atoms with E-state index in [1.807, 2.05) is 6.07 Å². The third-order valence-corrected chi connectivity index (χ3v) is 8.03. The zero-order valence-electron chi connectivity index (χ0n) is 18.3. The molecule has 0 unspecified atom stereocenters. The van der Waals surface area contributed by atoms with Crippen molar-refractivity contribution in [3.05, 3.63) is 60.2 Å². The zero-order valence-corrected chi connectivity index (χ0v) is 19.1. The van der Waals surface area contributed by atoms with Crippen molar-refractivity contribution in [3.63, 3.8) is 0 Å². The Hall–Kier alpha value is -3.24. The van der Waals surface area contributed by atoms with Gasteiger partial charge in [0.15, 0.2) is 0 Å². The maximum absolute atomic E-state index is 13.1. The Bertz CT molecular complexity index is 1160. The van der Waals surface area contributed by atoms with Crippen LogP contribution in [0, 0.1) is 0 Å². The fourth-order valence-electron chi connectivity index (χ4n) is 4.26. The number of amides is 4. The molecule has 4 amide bonds. The van der Waals surface area contributed by atoms with Gasteiger partial charge in [-0.3, -0.25) is 14.5 Å². The lowest BCUT2D eigenvalue weighted by Gasteiger charge is -2.25. The molecule has 0 aliphatic carbocycles. The summed E-state index contributed by atoms with van der Waals surface area (Å²) in [5.74, 6) is -1.04. The number of carbonyl (C=O) groups excluding carboxylic acids is 3. The average Bonchev–Trinajstić information content (AvgIpc) is 3.44. The van der Waals surface area contributed by atoms with Crippen LogP contribution in [-0.2, 0) is 25.2 Å². The molecule has 1 atom stereocenters. The van der Waals surface area contributed by atoms with Crippen molar-refractivity contribution in [2.45, 2.75) is 36.6 Å². The molecule has 9 nitrogen and oxygen atoms in total. The van der Waals surface area contributed by atoms with Crippen LogP contribution in [-0.4, -0.2) is 55.1 Å². The van der Waals surface area contributed by atoms with Crippen molar-refractivity contribution in [1.82, 2.24) is 14.5 Å². The van der Waals surface area contributed by atoms with Crippen LogP contribution in [0.3, 0.4) is 0 Å². The van der Waals surface area contributed by atoms with Gasteiger partial charge in [0, 0.05) is 18.8 Å². The highest BCUT2D eigenvalue weighted by Gasteiger charge is 2.51. The molecule has 10 heteroatoms. The lowest BCUT2D eigenvalue weighted by atomic mass is 9.87. The van der Waals surface area contributed by atoms with Crippen molar-refractivity contribution in [2.75, 3.05) is 25.0 Å². The molecule has 2 saturated heterocycles. The van der Waals surface area contributed by atoms with Gasteiger partial charge in [-0.15, -0.1) is 0 Å². The normalized spacial score (nSPS) is 21.3. The van der Waals surface area contributed by atoms with Crippen LogP contribution in [0.15, 0.2) is 59.5 Å². The van der Waals surface area contributed by atoms with Crippen LogP contribution in [0.1, 0.15) is 31.7 Å². The summed E-state index contributed by atoms with van der Waals surface area (Å²) in [6.45, 7) is 2.36. The number of sulfonamides is 1. The smallest absolute Gasteiger partial charge is 0.325 e. The Morgan fingerprint density at radius 3 is 2.27 bits per heavy atom. The third kappa shape index (κ3) is 4.23. The standard InChI is InChI=1S/C23H26N4O5S/c1-2-23(17-8-4-3-5-9-17)21(29)27(22(30)25-23)16-20(28)24-18-10-12-19(13-11-18)33(31,32)26-14-6-7-15-26/h3-5,8-13H,2,6-7,14-16H2,1H3,(H,24,28)(H,25,30)/t23-/m0/s1. The van der Waals surface area contributed by atoms with Gasteiger partial charge in [-0.05, 0) is 49.1 Å². The number of nitrogens with one attached hydrogen (secondary N) is 2. The van der Waals surface area contributed by atoms with E-state index in [4.69, 9.17) is 0 Å². The molecule has 0 radical (unpaired) electrons. The van der Waals surface area contributed by atoms with Gasteiger partial charge < -0.3 is 10.6 Å². The number of hydrogen-bond donors (Lipinski definition) is 2. The van der Waals surface area contributed by atoms with E-state index < -0.39 is 40.0 Å². The molecule has 4 rings (SSSR count). The van der Waals surface area contributed by atoms with Gasteiger partial charge in [0.1, 0.15) is 12.1 Å². The van der Waals surface area contributed by atoms with Crippen LogP contribution in [0.25, 0.3) is 0 Å². The lowest BCUT2D eigenvalue weighted by molar-refractivity contribution is -0.134. The van der Waals surface area contributed by atoms with E-state index in [0.717, 1.165) is 17.7 Å². The van der Waals surface area contributed by atoms with Crippen molar-refractivity contribution in [2.24, 2.45) is 0 Å². The molecule has 2 fully saturated rings. The molecular formula is C23H26N4O5S. The topological polar surface area (TPSA) is 116 Å². The van der Waals surface area contributed by atoms with Crippen molar-refractivity contribution >= 4 is 33.6 Å². The number of nitrogens with zero attached hydrogens (tertiary/aromatic N) is 2. The maximum atomic E-state index is 13.1. The predicted octanol–water partition coefficient (Wildman–Crippen LogP) is 2.27. The summed E-state index contributed by atoms with van der Waals surface area (Å²) in [5, 5.41) is 5.36. The first-order valence-electron chi connectivity index (χ1n) is 10.9. The van der Waals surface area contributed by atoms with E-state index in [2.05, 4.69) is 10.6 Å². The molecule has 2 aliphatic rings. The molecule has 2 heterocycles. The second-order valence-corrected chi connectivity index (χ2v) is 10.1. The summed E-state index contributed by atoms with van der Waals surface area (Å²) >= 11 is 0. The molecule has 174 valence electrons. The van der Waals surface area contributed by atoms with E-state index in [1.165, 1.54) is 28.6 Å². The van der Waals surface area contributed by atoms with Crippen LogP contribution < -0.4 is 10.6 Å². The Labute approximate surface area is 192 Å². The number of anilines is 1. The van der Waals surface area contributed by atoms with Gasteiger partial charge in [0.2, 0.25) is 15.9 Å².